The van der Waals surface area contributed by atoms with Crippen LogP contribution in [0, 0.1) is 5.82 Å². The predicted octanol–water partition coefficient (Wildman–Crippen LogP) is 5.11. The summed E-state index contributed by atoms with van der Waals surface area (Å²) in [5.74, 6) is -0.134. The molecule has 1 aromatic heterocycles. The van der Waals surface area contributed by atoms with E-state index in [9.17, 15) is 4.39 Å². The van der Waals surface area contributed by atoms with E-state index in [1.807, 2.05) is 6.07 Å². The lowest BCUT2D eigenvalue weighted by Gasteiger charge is -2.19. The Bertz CT molecular complexity index is 567. The molecule has 2 aromatic rings. The fourth-order valence-corrected chi connectivity index (χ4v) is 3.85. The molecule has 0 amide bonds. The molecule has 1 unspecified atom stereocenters. The van der Waals surface area contributed by atoms with E-state index in [0.717, 1.165) is 23.0 Å². The minimum absolute atomic E-state index is 0.134. The highest BCUT2D eigenvalue weighted by Crippen LogP contribution is 2.29. The van der Waals surface area contributed by atoms with Crippen molar-refractivity contribution in [2.24, 2.45) is 0 Å². The Morgan fingerprint density at radius 1 is 1.25 bits per heavy atom. The predicted molar refractivity (Wildman–Crippen MR) is 87.9 cm³/mol. The number of thiophene rings is 1. The summed E-state index contributed by atoms with van der Waals surface area (Å²) in [5, 5.41) is 5.60. The number of hydrogen-bond donors (Lipinski definition) is 1. The minimum atomic E-state index is -0.134. The van der Waals surface area contributed by atoms with Gasteiger partial charge in [-0.25, -0.2) is 4.39 Å². The van der Waals surface area contributed by atoms with Crippen LogP contribution < -0.4 is 5.32 Å². The smallest absolute Gasteiger partial charge is 0.126 e. The van der Waals surface area contributed by atoms with Crippen molar-refractivity contribution in [3.63, 3.8) is 0 Å². The largest absolute Gasteiger partial charge is 0.309 e. The second kappa shape index (κ2) is 7.34. The van der Waals surface area contributed by atoms with Gasteiger partial charge < -0.3 is 5.32 Å². The normalized spacial score (nSPS) is 12.6. The number of hydrogen-bond acceptors (Lipinski definition) is 2. The molecule has 0 fully saturated rings. The zero-order chi connectivity index (χ0) is 14.5. The lowest BCUT2D eigenvalue weighted by Crippen LogP contribution is -2.23. The van der Waals surface area contributed by atoms with E-state index in [2.05, 4.69) is 46.5 Å². The molecule has 0 spiro atoms. The molecule has 20 heavy (non-hydrogen) atoms. The molecule has 0 bridgehead atoms. The Hall–Kier alpha value is -0.710. The van der Waals surface area contributed by atoms with E-state index in [1.54, 1.807) is 17.4 Å². The van der Waals surface area contributed by atoms with Crippen molar-refractivity contribution in [1.29, 1.82) is 0 Å². The number of aryl methyl sites for hydroxylation is 1. The summed E-state index contributed by atoms with van der Waals surface area (Å²) >= 11 is 5.17. The van der Waals surface area contributed by atoms with Crippen LogP contribution in [-0.4, -0.2) is 6.54 Å². The van der Waals surface area contributed by atoms with Crippen LogP contribution in [0.25, 0.3) is 0 Å². The molecule has 0 saturated carbocycles. The van der Waals surface area contributed by atoms with E-state index < -0.39 is 0 Å². The third-order valence-corrected chi connectivity index (χ3v) is 4.93. The second-order valence-electron chi connectivity index (χ2n) is 4.71. The topological polar surface area (TPSA) is 12.0 Å². The molecule has 0 aliphatic carbocycles. The van der Waals surface area contributed by atoms with E-state index in [4.69, 9.17) is 0 Å². The molecule has 0 radical (unpaired) electrons. The fraction of sp³-hybridized carbons (Fsp3) is 0.375. The van der Waals surface area contributed by atoms with Crippen LogP contribution >= 0.6 is 27.3 Å². The average molecular weight is 356 g/mol. The van der Waals surface area contributed by atoms with E-state index in [0.29, 0.717) is 6.42 Å². The summed E-state index contributed by atoms with van der Waals surface area (Å²) in [4.78, 5) is 1.33. The van der Waals surface area contributed by atoms with Crippen LogP contribution in [0.5, 0.6) is 0 Å². The summed E-state index contributed by atoms with van der Waals surface area (Å²) in [6.45, 7) is 5.12. The minimum Gasteiger partial charge on any atom is -0.309 e. The Kier molecular flexibility index (Phi) is 5.75. The number of benzene rings is 1. The first-order chi connectivity index (χ1) is 9.65. The van der Waals surface area contributed by atoms with Gasteiger partial charge in [0.15, 0.2) is 0 Å². The SMILES string of the molecule is CCNC(Cc1cc(Br)ccc1F)c1sccc1CC. The Morgan fingerprint density at radius 3 is 2.75 bits per heavy atom. The highest BCUT2D eigenvalue weighted by Gasteiger charge is 2.17. The van der Waals surface area contributed by atoms with Crippen LogP contribution in [0.2, 0.25) is 0 Å². The molecular formula is C16H19BrFNS. The molecule has 1 heterocycles. The van der Waals surface area contributed by atoms with Crippen molar-refractivity contribution in [3.05, 3.63) is 55.9 Å². The fourth-order valence-electron chi connectivity index (χ4n) is 2.37. The van der Waals surface area contributed by atoms with Gasteiger partial charge in [-0.15, -0.1) is 11.3 Å². The lowest BCUT2D eigenvalue weighted by molar-refractivity contribution is 0.531. The molecule has 4 heteroatoms. The Morgan fingerprint density at radius 2 is 2.05 bits per heavy atom. The molecule has 0 saturated heterocycles. The Balaban J connectivity index is 2.27. The van der Waals surface area contributed by atoms with Crippen LogP contribution in [0.15, 0.2) is 34.1 Å². The van der Waals surface area contributed by atoms with Crippen LogP contribution in [-0.2, 0) is 12.8 Å². The maximum absolute atomic E-state index is 13.9. The number of likely N-dealkylation sites (N-methyl/N-ethyl adjacent to an activating group) is 1. The second-order valence-corrected chi connectivity index (χ2v) is 6.58. The Labute approximate surface area is 132 Å². The lowest BCUT2D eigenvalue weighted by atomic mass is 10.0. The molecule has 2 rings (SSSR count). The summed E-state index contributed by atoms with van der Waals surface area (Å²) in [5.41, 5.74) is 2.11. The van der Waals surface area contributed by atoms with Gasteiger partial charge >= 0.3 is 0 Å². The van der Waals surface area contributed by atoms with Crippen molar-refractivity contribution >= 4 is 27.3 Å². The summed E-state index contributed by atoms with van der Waals surface area (Å²) in [6, 6.07) is 7.49. The van der Waals surface area contributed by atoms with Crippen LogP contribution in [0.3, 0.4) is 0 Å². The van der Waals surface area contributed by atoms with Gasteiger partial charge in [-0.05, 0) is 60.2 Å². The molecule has 1 atom stereocenters. The van der Waals surface area contributed by atoms with Crippen LogP contribution in [0.4, 0.5) is 4.39 Å². The summed E-state index contributed by atoms with van der Waals surface area (Å²) in [7, 11) is 0. The van der Waals surface area contributed by atoms with Crippen molar-refractivity contribution in [1.82, 2.24) is 5.32 Å². The molecule has 108 valence electrons. The van der Waals surface area contributed by atoms with Crippen molar-refractivity contribution in [3.8, 4) is 0 Å². The van der Waals surface area contributed by atoms with E-state index in [-0.39, 0.29) is 11.9 Å². The molecule has 1 N–H and O–H groups in total. The van der Waals surface area contributed by atoms with Gasteiger partial charge in [-0.2, -0.15) is 0 Å². The van der Waals surface area contributed by atoms with Crippen molar-refractivity contribution in [2.45, 2.75) is 32.7 Å². The monoisotopic (exact) mass is 355 g/mol. The van der Waals surface area contributed by atoms with Crippen LogP contribution in [0.1, 0.15) is 35.9 Å². The average Bonchev–Trinajstić information content (AvgIpc) is 2.90. The highest BCUT2D eigenvalue weighted by molar-refractivity contribution is 9.10. The van der Waals surface area contributed by atoms with E-state index >= 15 is 0 Å². The third-order valence-electron chi connectivity index (χ3n) is 3.36. The van der Waals surface area contributed by atoms with Gasteiger partial charge in [0.05, 0.1) is 0 Å². The molecule has 0 aliphatic rings. The number of nitrogens with one attached hydrogen (secondary N) is 1. The summed E-state index contributed by atoms with van der Waals surface area (Å²) < 4.78 is 14.9. The van der Waals surface area contributed by atoms with Gasteiger partial charge in [0.2, 0.25) is 0 Å². The first-order valence-corrected chi connectivity index (χ1v) is 8.56. The first kappa shape index (κ1) is 15.7. The zero-order valence-corrected chi connectivity index (χ0v) is 14.2. The van der Waals surface area contributed by atoms with Gasteiger partial charge in [0, 0.05) is 15.4 Å². The standard InChI is InChI=1S/C16H19BrFNS/c1-3-11-7-8-20-16(11)15(19-4-2)10-12-9-13(17)5-6-14(12)18/h5-9,15,19H,3-4,10H2,1-2H3. The third kappa shape index (κ3) is 3.68. The molecule has 0 aliphatic heterocycles. The molecule has 1 aromatic carbocycles. The van der Waals surface area contributed by atoms with Gasteiger partial charge in [0.25, 0.3) is 0 Å². The highest BCUT2D eigenvalue weighted by atomic mass is 79.9. The van der Waals surface area contributed by atoms with Gasteiger partial charge in [-0.1, -0.05) is 29.8 Å². The van der Waals surface area contributed by atoms with Crippen molar-refractivity contribution < 1.29 is 4.39 Å². The maximum atomic E-state index is 13.9. The van der Waals surface area contributed by atoms with Gasteiger partial charge in [0.1, 0.15) is 5.82 Å². The number of halogens is 2. The van der Waals surface area contributed by atoms with Gasteiger partial charge in [-0.3, -0.25) is 0 Å². The molecule has 1 nitrogen and oxygen atoms in total. The van der Waals surface area contributed by atoms with Crippen molar-refractivity contribution in [2.75, 3.05) is 6.54 Å². The quantitative estimate of drug-likeness (QED) is 0.759. The first-order valence-electron chi connectivity index (χ1n) is 6.89. The maximum Gasteiger partial charge on any atom is 0.126 e. The summed E-state index contributed by atoms with van der Waals surface area (Å²) in [6.07, 6.45) is 1.69. The number of rotatable bonds is 6. The zero-order valence-electron chi connectivity index (χ0n) is 11.7. The van der Waals surface area contributed by atoms with E-state index in [1.165, 1.54) is 16.5 Å². The molecular weight excluding hydrogens is 337 g/mol.